The molecule has 0 spiro atoms. The number of aliphatic hydroxyl groups excluding tert-OH is 1. The van der Waals surface area contributed by atoms with E-state index in [0.29, 0.717) is 6.42 Å². The smallest absolute Gasteiger partial charge is 0.244 e. The van der Waals surface area contributed by atoms with Crippen LogP contribution < -0.4 is 5.32 Å². The minimum absolute atomic E-state index is 0.0570. The van der Waals surface area contributed by atoms with Crippen LogP contribution in [0.4, 0.5) is 0 Å². The maximum absolute atomic E-state index is 11.6. The van der Waals surface area contributed by atoms with Crippen molar-refractivity contribution in [2.75, 3.05) is 6.61 Å². The average Bonchev–Trinajstić information content (AvgIpc) is 2.71. The Balaban J connectivity index is 2.49. The lowest BCUT2D eigenvalue weighted by molar-refractivity contribution is -0.117. The van der Waals surface area contributed by atoms with Gasteiger partial charge in [0.05, 0.1) is 0 Å². The Morgan fingerprint density at radius 3 is 2.94 bits per heavy atom. The molecule has 0 fully saturated rings. The van der Waals surface area contributed by atoms with Gasteiger partial charge in [0.15, 0.2) is 0 Å². The number of amides is 1. The van der Waals surface area contributed by atoms with Gasteiger partial charge in [0, 0.05) is 23.6 Å². The van der Waals surface area contributed by atoms with E-state index in [1.54, 1.807) is 17.4 Å². The first kappa shape index (κ1) is 13.9. The summed E-state index contributed by atoms with van der Waals surface area (Å²) in [5, 5.41) is 13.7. The van der Waals surface area contributed by atoms with Gasteiger partial charge in [0.1, 0.15) is 0 Å². The molecular formula is C13H19NO2S. The number of thiophene rings is 1. The van der Waals surface area contributed by atoms with Gasteiger partial charge >= 0.3 is 0 Å². The molecular weight excluding hydrogens is 234 g/mol. The lowest BCUT2D eigenvalue weighted by Crippen LogP contribution is -2.33. The van der Waals surface area contributed by atoms with Gasteiger partial charge < -0.3 is 10.4 Å². The number of carbonyl (C=O) groups is 1. The van der Waals surface area contributed by atoms with E-state index < -0.39 is 0 Å². The summed E-state index contributed by atoms with van der Waals surface area (Å²) in [5.74, 6) is -0.0990. The van der Waals surface area contributed by atoms with Crippen molar-refractivity contribution in [1.82, 2.24) is 5.32 Å². The number of rotatable bonds is 6. The van der Waals surface area contributed by atoms with Crippen LogP contribution >= 0.6 is 11.3 Å². The lowest BCUT2D eigenvalue weighted by atomic mass is 10.1. The molecule has 17 heavy (non-hydrogen) atoms. The molecule has 0 radical (unpaired) electrons. The van der Waals surface area contributed by atoms with Crippen molar-refractivity contribution >= 4 is 23.3 Å². The van der Waals surface area contributed by atoms with Gasteiger partial charge in [0.2, 0.25) is 5.91 Å². The third kappa shape index (κ3) is 4.71. The summed E-state index contributed by atoms with van der Waals surface area (Å²) >= 11 is 1.62. The zero-order valence-electron chi connectivity index (χ0n) is 10.3. The van der Waals surface area contributed by atoms with E-state index in [-0.39, 0.29) is 18.6 Å². The minimum atomic E-state index is -0.0990. The molecule has 0 saturated heterocycles. The van der Waals surface area contributed by atoms with Crippen LogP contribution in [-0.4, -0.2) is 23.7 Å². The molecule has 1 unspecified atom stereocenters. The highest BCUT2D eigenvalue weighted by molar-refractivity contribution is 7.11. The molecule has 1 aromatic rings. The second-order valence-electron chi connectivity index (χ2n) is 3.93. The minimum Gasteiger partial charge on any atom is -0.396 e. The highest BCUT2D eigenvalue weighted by Crippen LogP contribution is 2.16. The zero-order valence-corrected chi connectivity index (χ0v) is 11.1. The molecule has 2 N–H and O–H groups in total. The Kier molecular flexibility index (Phi) is 5.94. The van der Waals surface area contributed by atoms with Crippen LogP contribution in [0.3, 0.4) is 0 Å². The molecule has 0 aliphatic heterocycles. The quantitative estimate of drug-likeness (QED) is 0.765. The van der Waals surface area contributed by atoms with Crippen molar-refractivity contribution in [2.45, 2.75) is 32.7 Å². The predicted molar refractivity (Wildman–Crippen MR) is 72.0 cm³/mol. The van der Waals surface area contributed by atoms with Crippen LogP contribution in [0.2, 0.25) is 0 Å². The van der Waals surface area contributed by atoms with Crippen molar-refractivity contribution in [3.05, 3.63) is 28.0 Å². The average molecular weight is 253 g/mol. The first-order valence-corrected chi connectivity index (χ1v) is 6.68. The Morgan fingerprint density at radius 2 is 2.41 bits per heavy atom. The maximum atomic E-state index is 11.6. The van der Waals surface area contributed by atoms with E-state index in [4.69, 9.17) is 5.11 Å². The Morgan fingerprint density at radius 1 is 1.65 bits per heavy atom. The molecule has 1 aromatic heterocycles. The topological polar surface area (TPSA) is 49.3 Å². The Labute approximate surface area is 106 Å². The number of hydrogen-bond acceptors (Lipinski definition) is 3. The van der Waals surface area contributed by atoms with Crippen molar-refractivity contribution in [2.24, 2.45) is 0 Å². The van der Waals surface area contributed by atoms with Gasteiger partial charge in [-0.05, 0) is 42.9 Å². The van der Waals surface area contributed by atoms with Crippen LogP contribution in [0, 0.1) is 6.92 Å². The molecule has 4 heteroatoms. The summed E-state index contributed by atoms with van der Waals surface area (Å²) in [6, 6.07) is 2.09. The fraction of sp³-hybridized carbons (Fsp3) is 0.462. The van der Waals surface area contributed by atoms with Crippen LogP contribution in [0.1, 0.15) is 30.2 Å². The first-order valence-electron chi connectivity index (χ1n) is 5.81. The second kappa shape index (κ2) is 7.25. The Hall–Kier alpha value is -1.13. The second-order valence-corrected chi connectivity index (χ2v) is 4.87. The van der Waals surface area contributed by atoms with E-state index >= 15 is 0 Å². The Bertz CT molecular complexity index is 385. The van der Waals surface area contributed by atoms with Crippen molar-refractivity contribution in [3.8, 4) is 0 Å². The molecule has 3 nitrogen and oxygen atoms in total. The van der Waals surface area contributed by atoms with Gasteiger partial charge in [-0.15, -0.1) is 11.3 Å². The highest BCUT2D eigenvalue weighted by atomic mass is 32.1. The van der Waals surface area contributed by atoms with E-state index in [1.165, 1.54) is 5.56 Å². The van der Waals surface area contributed by atoms with E-state index in [1.807, 2.05) is 31.4 Å². The summed E-state index contributed by atoms with van der Waals surface area (Å²) in [5.41, 5.74) is 1.18. The number of hydrogen-bond donors (Lipinski definition) is 2. The monoisotopic (exact) mass is 253 g/mol. The number of nitrogens with one attached hydrogen (secondary N) is 1. The molecule has 1 rings (SSSR count). The van der Waals surface area contributed by atoms with Gasteiger partial charge in [-0.1, -0.05) is 6.92 Å². The van der Waals surface area contributed by atoms with Gasteiger partial charge in [0.25, 0.3) is 0 Å². The van der Waals surface area contributed by atoms with Crippen LogP contribution in [0.5, 0.6) is 0 Å². The normalized spacial score (nSPS) is 12.9. The molecule has 0 bridgehead atoms. The maximum Gasteiger partial charge on any atom is 0.244 e. The molecule has 0 aliphatic rings. The molecule has 1 heterocycles. The first-order chi connectivity index (χ1) is 8.17. The summed E-state index contributed by atoms with van der Waals surface area (Å²) in [7, 11) is 0. The van der Waals surface area contributed by atoms with Crippen LogP contribution in [0.25, 0.3) is 6.08 Å². The number of aliphatic hydroxyl groups is 1. The van der Waals surface area contributed by atoms with E-state index in [2.05, 4.69) is 5.32 Å². The molecule has 0 aromatic carbocycles. The van der Waals surface area contributed by atoms with E-state index in [9.17, 15) is 4.79 Å². The largest absolute Gasteiger partial charge is 0.396 e. The zero-order chi connectivity index (χ0) is 12.7. The molecule has 1 amide bonds. The van der Waals surface area contributed by atoms with Crippen molar-refractivity contribution in [3.63, 3.8) is 0 Å². The molecule has 94 valence electrons. The third-order valence-electron chi connectivity index (χ3n) is 2.60. The van der Waals surface area contributed by atoms with Gasteiger partial charge in [-0.25, -0.2) is 0 Å². The summed E-state index contributed by atoms with van der Waals surface area (Å²) < 4.78 is 0. The standard InChI is InChI=1S/C13H19NO2S/c1-3-11(6-8-15)14-13(16)5-4-12-10(2)7-9-17-12/h4-5,7,9,11,15H,3,6,8H2,1-2H3,(H,14,16)/b5-4+. The van der Waals surface area contributed by atoms with E-state index in [0.717, 1.165) is 11.3 Å². The predicted octanol–water partition coefficient (Wildman–Crippen LogP) is 2.35. The molecule has 0 saturated carbocycles. The fourth-order valence-electron chi connectivity index (χ4n) is 1.49. The van der Waals surface area contributed by atoms with Crippen LogP contribution in [-0.2, 0) is 4.79 Å². The summed E-state index contributed by atoms with van der Waals surface area (Å²) in [4.78, 5) is 12.7. The van der Waals surface area contributed by atoms with Gasteiger partial charge in [-0.2, -0.15) is 0 Å². The van der Waals surface area contributed by atoms with Crippen molar-refractivity contribution in [1.29, 1.82) is 0 Å². The number of carbonyl (C=O) groups excluding carboxylic acids is 1. The summed E-state index contributed by atoms with van der Waals surface area (Å²) in [6.45, 7) is 4.12. The third-order valence-corrected chi connectivity index (χ3v) is 3.59. The molecule has 0 aliphatic carbocycles. The number of aryl methyl sites for hydroxylation is 1. The summed E-state index contributed by atoms with van der Waals surface area (Å²) in [6.07, 6.45) is 4.83. The van der Waals surface area contributed by atoms with Crippen LogP contribution in [0.15, 0.2) is 17.5 Å². The lowest BCUT2D eigenvalue weighted by Gasteiger charge is -2.13. The SMILES string of the molecule is CCC(CCO)NC(=O)/C=C/c1sccc1C. The highest BCUT2D eigenvalue weighted by Gasteiger charge is 2.07. The molecule has 1 atom stereocenters. The van der Waals surface area contributed by atoms with Crippen molar-refractivity contribution < 1.29 is 9.90 Å². The van der Waals surface area contributed by atoms with Gasteiger partial charge in [-0.3, -0.25) is 4.79 Å². The fourth-order valence-corrected chi connectivity index (χ4v) is 2.31.